The standard InChI is InChI=1S/C16H18F3NO4/c1-20(12-3-2-4-13(9-12)24-16(17,18)19)14(21)10-5-7-11(8-6-10)15(22)23/h2-4,9-11H,5-8H2,1H3,(H,22,23). The zero-order valence-corrected chi connectivity index (χ0v) is 13.0. The minimum absolute atomic E-state index is 0.233. The molecule has 0 aliphatic heterocycles. The largest absolute Gasteiger partial charge is 0.573 e. The van der Waals surface area contributed by atoms with Crippen LogP contribution in [0.2, 0.25) is 0 Å². The third-order valence-corrected chi connectivity index (χ3v) is 4.19. The molecule has 0 spiro atoms. The summed E-state index contributed by atoms with van der Waals surface area (Å²) in [5.74, 6) is -2.23. The Morgan fingerprint density at radius 1 is 1.17 bits per heavy atom. The molecule has 0 bridgehead atoms. The lowest BCUT2D eigenvalue weighted by atomic mass is 9.81. The van der Waals surface area contributed by atoms with Crippen molar-refractivity contribution in [3.05, 3.63) is 24.3 Å². The van der Waals surface area contributed by atoms with Crippen LogP contribution in [0.15, 0.2) is 24.3 Å². The molecule has 0 aromatic heterocycles. The Bertz CT molecular complexity index is 610. The van der Waals surface area contributed by atoms with Gasteiger partial charge >= 0.3 is 12.3 Å². The number of ether oxygens (including phenoxy) is 1. The van der Waals surface area contributed by atoms with E-state index in [0.29, 0.717) is 31.4 Å². The number of aliphatic carboxylic acids is 1. The van der Waals surface area contributed by atoms with Crippen molar-refractivity contribution in [3.63, 3.8) is 0 Å². The third-order valence-electron chi connectivity index (χ3n) is 4.19. The van der Waals surface area contributed by atoms with E-state index in [4.69, 9.17) is 5.11 Å². The summed E-state index contributed by atoms with van der Waals surface area (Å²) in [7, 11) is 1.48. The molecular formula is C16H18F3NO4. The maximum atomic E-state index is 12.5. The van der Waals surface area contributed by atoms with Gasteiger partial charge in [0, 0.05) is 24.7 Å². The predicted octanol–water partition coefficient (Wildman–Crippen LogP) is 3.44. The molecule has 1 N–H and O–H groups in total. The van der Waals surface area contributed by atoms with Gasteiger partial charge in [0.2, 0.25) is 5.91 Å². The minimum Gasteiger partial charge on any atom is -0.481 e. The molecule has 0 heterocycles. The number of carboxylic acids is 1. The molecular weight excluding hydrogens is 327 g/mol. The van der Waals surface area contributed by atoms with E-state index < -0.39 is 24.0 Å². The maximum absolute atomic E-state index is 12.5. The fraction of sp³-hybridized carbons (Fsp3) is 0.500. The van der Waals surface area contributed by atoms with E-state index in [-0.39, 0.29) is 11.8 Å². The summed E-state index contributed by atoms with van der Waals surface area (Å²) in [4.78, 5) is 24.7. The summed E-state index contributed by atoms with van der Waals surface area (Å²) < 4.78 is 40.7. The summed E-state index contributed by atoms with van der Waals surface area (Å²) in [6, 6.07) is 5.20. The molecule has 1 aliphatic carbocycles. The van der Waals surface area contributed by atoms with Gasteiger partial charge in [-0.3, -0.25) is 9.59 Å². The fourth-order valence-corrected chi connectivity index (χ4v) is 2.88. The maximum Gasteiger partial charge on any atom is 0.573 e. The molecule has 8 heteroatoms. The van der Waals surface area contributed by atoms with Crippen LogP contribution in [0.1, 0.15) is 25.7 Å². The second kappa shape index (κ2) is 7.11. The number of halogens is 3. The van der Waals surface area contributed by atoms with E-state index in [2.05, 4.69) is 4.74 Å². The molecule has 24 heavy (non-hydrogen) atoms. The van der Waals surface area contributed by atoms with Gasteiger partial charge in [-0.2, -0.15) is 0 Å². The monoisotopic (exact) mass is 345 g/mol. The van der Waals surface area contributed by atoms with E-state index in [9.17, 15) is 22.8 Å². The Labute approximate surface area is 137 Å². The molecule has 1 aliphatic rings. The smallest absolute Gasteiger partial charge is 0.481 e. The number of hydrogen-bond acceptors (Lipinski definition) is 3. The molecule has 0 radical (unpaired) electrons. The number of benzene rings is 1. The summed E-state index contributed by atoms with van der Waals surface area (Å²) in [6.07, 6.45) is -3.03. The van der Waals surface area contributed by atoms with E-state index in [1.165, 1.54) is 24.1 Å². The van der Waals surface area contributed by atoms with Crippen LogP contribution in [0, 0.1) is 11.8 Å². The van der Waals surface area contributed by atoms with Crippen LogP contribution in [-0.2, 0) is 9.59 Å². The first-order valence-electron chi connectivity index (χ1n) is 7.53. The van der Waals surface area contributed by atoms with Crippen LogP contribution in [0.5, 0.6) is 5.75 Å². The van der Waals surface area contributed by atoms with Gasteiger partial charge < -0.3 is 14.7 Å². The Kier molecular flexibility index (Phi) is 5.36. The number of hydrogen-bond donors (Lipinski definition) is 1. The van der Waals surface area contributed by atoms with Crippen molar-refractivity contribution >= 4 is 17.6 Å². The van der Waals surface area contributed by atoms with E-state index in [1.54, 1.807) is 0 Å². The van der Waals surface area contributed by atoms with Crippen molar-refractivity contribution in [3.8, 4) is 5.75 Å². The van der Waals surface area contributed by atoms with Gasteiger partial charge in [0.25, 0.3) is 0 Å². The SMILES string of the molecule is CN(C(=O)C1CCC(C(=O)O)CC1)c1cccc(OC(F)(F)F)c1. The normalized spacial score (nSPS) is 21.2. The van der Waals surface area contributed by atoms with E-state index >= 15 is 0 Å². The van der Waals surface area contributed by atoms with Gasteiger partial charge in [0.1, 0.15) is 5.75 Å². The highest BCUT2D eigenvalue weighted by Crippen LogP contribution is 2.32. The average Bonchev–Trinajstić information content (AvgIpc) is 2.52. The van der Waals surface area contributed by atoms with Crippen molar-refractivity contribution in [2.45, 2.75) is 32.0 Å². The van der Waals surface area contributed by atoms with Gasteiger partial charge in [0.05, 0.1) is 5.92 Å². The Morgan fingerprint density at radius 3 is 2.29 bits per heavy atom. The van der Waals surface area contributed by atoms with Crippen LogP contribution in [0.4, 0.5) is 18.9 Å². The second-order valence-corrected chi connectivity index (χ2v) is 5.83. The molecule has 1 aromatic carbocycles. The Balaban J connectivity index is 2.03. The average molecular weight is 345 g/mol. The number of nitrogens with zero attached hydrogens (tertiary/aromatic N) is 1. The highest BCUT2D eigenvalue weighted by Gasteiger charge is 2.33. The zero-order chi connectivity index (χ0) is 17.9. The lowest BCUT2D eigenvalue weighted by molar-refractivity contribution is -0.274. The van der Waals surface area contributed by atoms with Gasteiger partial charge in [0.15, 0.2) is 0 Å². The lowest BCUT2D eigenvalue weighted by Crippen LogP contribution is -2.36. The Hall–Kier alpha value is -2.25. The quantitative estimate of drug-likeness (QED) is 0.908. The summed E-state index contributed by atoms with van der Waals surface area (Å²) in [5.41, 5.74) is 0.294. The van der Waals surface area contributed by atoms with Gasteiger partial charge in [-0.05, 0) is 37.8 Å². The highest BCUT2D eigenvalue weighted by atomic mass is 19.4. The third kappa shape index (κ3) is 4.62. The fourth-order valence-electron chi connectivity index (χ4n) is 2.88. The first-order chi connectivity index (χ1) is 11.2. The van der Waals surface area contributed by atoms with Crippen LogP contribution in [0.3, 0.4) is 0 Å². The molecule has 1 amide bonds. The van der Waals surface area contributed by atoms with Crippen molar-refractivity contribution in [2.75, 3.05) is 11.9 Å². The highest BCUT2D eigenvalue weighted by molar-refractivity contribution is 5.94. The van der Waals surface area contributed by atoms with Crippen molar-refractivity contribution in [2.24, 2.45) is 11.8 Å². The zero-order valence-electron chi connectivity index (χ0n) is 13.0. The van der Waals surface area contributed by atoms with Crippen LogP contribution >= 0.6 is 0 Å². The Morgan fingerprint density at radius 2 is 1.75 bits per heavy atom. The molecule has 1 aromatic rings. The number of alkyl halides is 3. The van der Waals surface area contributed by atoms with Crippen molar-refractivity contribution in [1.82, 2.24) is 0 Å². The van der Waals surface area contributed by atoms with Gasteiger partial charge in [-0.15, -0.1) is 13.2 Å². The second-order valence-electron chi connectivity index (χ2n) is 5.83. The number of carbonyl (C=O) groups excluding carboxylic acids is 1. The van der Waals surface area contributed by atoms with Crippen molar-refractivity contribution < 1.29 is 32.6 Å². The molecule has 1 fully saturated rings. The van der Waals surface area contributed by atoms with E-state index in [1.807, 2.05) is 0 Å². The molecule has 0 atom stereocenters. The summed E-state index contributed by atoms with van der Waals surface area (Å²) in [6.45, 7) is 0. The summed E-state index contributed by atoms with van der Waals surface area (Å²) in [5, 5.41) is 8.97. The first kappa shape index (κ1) is 18.1. The number of amides is 1. The topological polar surface area (TPSA) is 66.8 Å². The number of rotatable bonds is 4. The first-order valence-corrected chi connectivity index (χ1v) is 7.53. The number of anilines is 1. The number of carboxylic acid groups (broad SMARTS) is 1. The molecule has 132 valence electrons. The number of carbonyl (C=O) groups is 2. The van der Waals surface area contributed by atoms with Crippen molar-refractivity contribution in [1.29, 1.82) is 0 Å². The molecule has 5 nitrogen and oxygen atoms in total. The lowest BCUT2D eigenvalue weighted by Gasteiger charge is -2.29. The molecule has 0 unspecified atom stereocenters. The van der Waals surface area contributed by atoms with Crippen LogP contribution in [0.25, 0.3) is 0 Å². The van der Waals surface area contributed by atoms with Gasteiger partial charge in [-0.1, -0.05) is 6.07 Å². The van der Waals surface area contributed by atoms with Crippen LogP contribution < -0.4 is 9.64 Å². The minimum atomic E-state index is -4.80. The predicted molar refractivity (Wildman–Crippen MR) is 79.6 cm³/mol. The molecule has 1 saturated carbocycles. The van der Waals surface area contributed by atoms with Crippen LogP contribution in [-0.4, -0.2) is 30.4 Å². The molecule has 2 rings (SSSR count). The van der Waals surface area contributed by atoms with Gasteiger partial charge in [-0.25, -0.2) is 0 Å². The van der Waals surface area contributed by atoms with E-state index in [0.717, 1.165) is 12.1 Å². The summed E-state index contributed by atoms with van der Waals surface area (Å²) >= 11 is 0. The molecule has 0 saturated heterocycles.